The van der Waals surface area contributed by atoms with Gasteiger partial charge in [-0.05, 0) is 24.8 Å². The summed E-state index contributed by atoms with van der Waals surface area (Å²) in [6.45, 7) is 1.62. The Morgan fingerprint density at radius 1 is 1.38 bits per heavy atom. The number of hydrogen-bond acceptors (Lipinski definition) is 6. The van der Waals surface area contributed by atoms with Crippen molar-refractivity contribution in [3.8, 4) is 5.75 Å². The van der Waals surface area contributed by atoms with Crippen LogP contribution in [0.15, 0.2) is 23.1 Å². The third-order valence-electron chi connectivity index (χ3n) is 3.26. The van der Waals surface area contributed by atoms with Gasteiger partial charge in [0.2, 0.25) is 10.0 Å². The molecule has 8 nitrogen and oxygen atoms in total. The van der Waals surface area contributed by atoms with Crippen LogP contribution in [0.25, 0.3) is 0 Å². The number of nitrogens with two attached hydrogens (primary N) is 1. The number of nitro benzene ring substituents is 1. The minimum absolute atomic E-state index is 0.0367. The van der Waals surface area contributed by atoms with E-state index in [-0.39, 0.29) is 22.3 Å². The second-order valence-corrected chi connectivity index (χ2v) is 6.33. The van der Waals surface area contributed by atoms with Gasteiger partial charge in [0.05, 0.1) is 11.5 Å². The van der Waals surface area contributed by atoms with Crippen molar-refractivity contribution < 1.29 is 22.8 Å². The number of ether oxygens (including phenoxy) is 2. The number of nitrogens with zero attached hydrogens (tertiary/aromatic N) is 1. The van der Waals surface area contributed by atoms with Crippen LogP contribution in [0.1, 0.15) is 12.8 Å². The van der Waals surface area contributed by atoms with E-state index in [2.05, 4.69) is 0 Å². The van der Waals surface area contributed by atoms with Crippen LogP contribution >= 0.6 is 0 Å². The average Bonchev–Trinajstić information content (AvgIpc) is 2.45. The maximum atomic E-state index is 11.5. The van der Waals surface area contributed by atoms with E-state index in [1.807, 2.05) is 0 Å². The summed E-state index contributed by atoms with van der Waals surface area (Å²) < 4.78 is 33.8. The van der Waals surface area contributed by atoms with Crippen LogP contribution in [0, 0.1) is 16.0 Å². The fourth-order valence-electron chi connectivity index (χ4n) is 2.07. The minimum Gasteiger partial charge on any atom is -0.492 e. The Kier molecular flexibility index (Phi) is 4.76. The van der Waals surface area contributed by atoms with Crippen molar-refractivity contribution in [1.82, 2.24) is 0 Å². The molecular formula is C12H16N2O6S. The van der Waals surface area contributed by atoms with Crippen molar-refractivity contribution in [2.24, 2.45) is 11.1 Å². The minimum atomic E-state index is -4.10. The van der Waals surface area contributed by atoms with Crippen LogP contribution in [-0.4, -0.2) is 33.2 Å². The Morgan fingerprint density at radius 2 is 2.05 bits per heavy atom. The molecule has 0 radical (unpaired) electrons. The average molecular weight is 316 g/mol. The van der Waals surface area contributed by atoms with Crippen molar-refractivity contribution in [3.63, 3.8) is 0 Å². The Hall–Kier alpha value is -1.71. The van der Waals surface area contributed by atoms with Crippen molar-refractivity contribution in [2.75, 3.05) is 19.8 Å². The highest BCUT2D eigenvalue weighted by Gasteiger charge is 2.21. The molecule has 1 saturated heterocycles. The van der Waals surface area contributed by atoms with Gasteiger partial charge in [-0.3, -0.25) is 10.1 Å². The molecule has 1 fully saturated rings. The highest BCUT2D eigenvalue weighted by Crippen LogP contribution is 2.28. The SMILES string of the molecule is NS(=O)(=O)c1cc([N+](=O)[O-])ccc1OCC1CCOCC1. The lowest BCUT2D eigenvalue weighted by molar-refractivity contribution is -0.385. The highest BCUT2D eigenvalue weighted by molar-refractivity contribution is 7.89. The second-order valence-electron chi connectivity index (χ2n) is 4.80. The quantitative estimate of drug-likeness (QED) is 0.640. The number of primary sulfonamides is 1. The Labute approximate surface area is 122 Å². The van der Waals surface area contributed by atoms with Gasteiger partial charge < -0.3 is 9.47 Å². The Balaban J connectivity index is 2.19. The van der Waals surface area contributed by atoms with Crippen LogP contribution in [0.3, 0.4) is 0 Å². The number of non-ortho nitro benzene ring substituents is 1. The zero-order valence-corrected chi connectivity index (χ0v) is 12.0. The van der Waals surface area contributed by atoms with Gasteiger partial charge in [0, 0.05) is 25.3 Å². The Bertz CT molecular complexity index is 625. The van der Waals surface area contributed by atoms with Gasteiger partial charge in [0.15, 0.2) is 0 Å². The van der Waals surface area contributed by atoms with Crippen LogP contribution in [0.2, 0.25) is 0 Å². The summed E-state index contributed by atoms with van der Waals surface area (Å²) in [7, 11) is -4.10. The second kappa shape index (κ2) is 6.37. The fourth-order valence-corrected chi connectivity index (χ4v) is 2.77. The van der Waals surface area contributed by atoms with Gasteiger partial charge in [-0.25, -0.2) is 13.6 Å². The molecule has 1 heterocycles. The van der Waals surface area contributed by atoms with Gasteiger partial charge in [0.25, 0.3) is 5.69 Å². The van der Waals surface area contributed by atoms with Gasteiger partial charge in [-0.1, -0.05) is 0 Å². The van der Waals surface area contributed by atoms with Crippen molar-refractivity contribution >= 4 is 15.7 Å². The predicted octanol–water partition coefficient (Wildman–Crippen LogP) is 1.05. The lowest BCUT2D eigenvalue weighted by Gasteiger charge is -2.22. The number of sulfonamides is 1. The number of rotatable bonds is 5. The molecule has 1 aliphatic rings. The third kappa shape index (κ3) is 4.13. The van der Waals surface area contributed by atoms with E-state index >= 15 is 0 Å². The number of nitro groups is 1. The maximum absolute atomic E-state index is 11.5. The first-order chi connectivity index (χ1) is 9.88. The fraction of sp³-hybridized carbons (Fsp3) is 0.500. The van der Waals surface area contributed by atoms with E-state index in [1.165, 1.54) is 12.1 Å². The molecule has 1 aromatic carbocycles. The molecule has 0 bridgehead atoms. The lowest BCUT2D eigenvalue weighted by Crippen LogP contribution is -2.22. The zero-order chi connectivity index (χ0) is 15.5. The molecule has 1 aromatic rings. The topological polar surface area (TPSA) is 122 Å². The van der Waals surface area contributed by atoms with E-state index in [4.69, 9.17) is 14.6 Å². The van der Waals surface area contributed by atoms with Crippen LogP contribution in [0.4, 0.5) is 5.69 Å². The van der Waals surface area contributed by atoms with Gasteiger partial charge in [-0.15, -0.1) is 0 Å². The first-order valence-electron chi connectivity index (χ1n) is 6.39. The molecule has 0 atom stereocenters. The Morgan fingerprint density at radius 3 is 2.62 bits per heavy atom. The zero-order valence-electron chi connectivity index (χ0n) is 11.2. The lowest BCUT2D eigenvalue weighted by atomic mass is 10.0. The molecule has 116 valence electrons. The van der Waals surface area contributed by atoms with E-state index in [1.54, 1.807) is 0 Å². The summed E-state index contributed by atoms with van der Waals surface area (Å²) >= 11 is 0. The molecular weight excluding hydrogens is 300 g/mol. The molecule has 1 aliphatic heterocycles. The van der Waals surface area contributed by atoms with Crippen molar-refractivity contribution in [2.45, 2.75) is 17.7 Å². The summed E-state index contributed by atoms with van der Waals surface area (Å²) in [6, 6.07) is 3.36. The van der Waals surface area contributed by atoms with Crippen LogP contribution in [0.5, 0.6) is 5.75 Å². The standard InChI is InChI=1S/C12H16N2O6S/c13-21(17,18)12-7-10(14(15)16)1-2-11(12)20-8-9-3-5-19-6-4-9/h1-2,7,9H,3-6,8H2,(H2,13,17,18). The molecule has 2 rings (SSSR count). The van der Waals surface area contributed by atoms with Crippen molar-refractivity contribution in [3.05, 3.63) is 28.3 Å². The molecule has 0 amide bonds. The van der Waals surface area contributed by atoms with E-state index in [0.717, 1.165) is 18.9 Å². The maximum Gasteiger partial charge on any atom is 0.271 e. The van der Waals surface area contributed by atoms with Crippen molar-refractivity contribution in [1.29, 1.82) is 0 Å². The molecule has 0 aliphatic carbocycles. The highest BCUT2D eigenvalue weighted by atomic mass is 32.2. The first kappa shape index (κ1) is 15.7. The van der Waals surface area contributed by atoms with E-state index in [0.29, 0.717) is 19.8 Å². The molecule has 21 heavy (non-hydrogen) atoms. The van der Waals surface area contributed by atoms with Gasteiger partial charge in [0.1, 0.15) is 10.6 Å². The van der Waals surface area contributed by atoms with Crippen LogP contribution in [-0.2, 0) is 14.8 Å². The summed E-state index contributed by atoms with van der Waals surface area (Å²) in [5, 5.41) is 15.8. The number of hydrogen-bond donors (Lipinski definition) is 1. The molecule has 0 unspecified atom stereocenters. The van der Waals surface area contributed by atoms with E-state index in [9.17, 15) is 18.5 Å². The van der Waals surface area contributed by atoms with Crippen LogP contribution < -0.4 is 9.88 Å². The summed E-state index contributed by atoms with van der Waals surface area (Å²) in [5.74, 6) is 0.303. The molecule has 0 aromatic heterocycles. The molecule has 9 heteroatoms. The summed E-state index contributed by atoms with van der Waals surface area (Å²) in [5.41, 5.74) is -0.350. The summed E-state index contributed by atoms with van der Waals surface area (Å²) in [6.07, 6.45) is 1.66. The summed E-state index contributed by atoms with van der Waals surface area (Å²) in [4.78, 5) is 9.66. The number of benzene rings is 1. The largest absolute Gasteiger partial charge is 0.492 e. The van der Waals surface area contributed by atoms with E-state index < -0.39 is 14.9 Å². The monoisotopic (exact) mass is 316 g/mol. The molecule has 0 spiro atoms. The first-order valence-corrected chi connectivity index (χ1v) is 7.94. The van der Waals surface area contributed by atoms with Gasteiger partial charge >= 0.3 is 0 Å². The normalized spacial score (nSPS) is 16.6. The molecule has 2 N–H and O–H groups in total. The third-order valence-corrected chi connectivity index (χ3v) is 4.19. The smallest absolute Gasteiger partial charge is 0.271 e. The van der Waals surface area contributed by atoms with Gasteiger partial charge in [-0.2, -0.15) is 0 Å². The predicted molar refractivity (Wildman–Crippen MR) is 73.5 cm³/mol. The molecule has 0 saturated carbocycles.